The molecule has 3 N–H and O–H groups in total. The highest BCUT2D eigenvalue weighted by atomic mass is 16.7. The molecule has 2 fully saturated rings. The number of ether oxygens (including phenoxy) is 1. The van der Waals surface area contributed by atoms with Gasteiger partial charge in [0.25, 0.3) is 5.91 Å². The summed E-state index contributed by atoms with van der Waals surface area (Å²) in [5, 5.41) is 5.58. The van der Waals surface area contributed by atoms with E-state index in [1.165, 1.54) is 0 Å². The molecule has 0 saturated carbocycles. The molecule has 2 amide bonds. The van der Waals surface area contributed by atoms with Gasteiger partial charge in [-0.2, -0.15) is 0 Å². The van der Waals surface area contributed by atoms with Crippen LogP contribution in [0.3, 0.4) is 0 Å². The zero-order valence-electron chi connectivity index (χ0n) is 8.12. The second kappa shape index (κ2) is 4.56. The molecule has 0 spiro atoms. The maximum absolute atomic E-state index is 11.6. The molecule has 2 rings (SSSR count). The molecule has 7 nitrogen and oxygen atoms in total. The Bertz CT molecular complexity index is 265. The van der Waals surface area contributed by atoms with Crippen molar-refractivity contribution in [3.05, 3.63) is 0 Å². The molecule has 0 aromatic heterocycles. The van der Waals surface area contributed by atoms with E-state index in [9.17, 15) is 9.59 Å². The SMILES string of the molecule is O=C(N[C@@H]1CONC1=O)C1COCCN1. The Morgan fingerprint density at radius 3 is 2.93 bits per heavy atom. The third-order valence-electron chi connectivity index (χ3n) is 2.29. The Hall–Kier alpha value is -1.18. The highest BCUT2D eigenvalue weighted by Crippen LogP contribution is 1.98. The normalized spacial score (nSPS) is 31.1. The molecule has 0 radical (unpaired) electrons. The molecular formula is C8H13N3O4. The second-order valence-electron chi connectivity index (χ2n) is 3.42. The van der Waals surface area contributed by atoms with Gasteiger partial charge >= 0.3 is 0 Å². The van der Waals surface area contributed by atoms with Gasteiger partial charge in [0, 0.05) is 6.54 Å². The van der Waals surface area contributed by atoms with E-state index in [1.54, 1.807) is 0 Å². The van der Waals surface area contributed by atoms with Crippen molar-refractivity contribution in [1.82, 2.24) is 16.1 Å². The van der Waals surface area contributed by atoms with Crippen LogP contribution in [-0.4, -0.2) is 50.3 Å². The van der Waals surface area contributed by atoms with E-state index in [2.05, 4.69) is 16.1 Å². The monoisotopic (exact) mass is 215 g/mol. The molecule has 1 unspecified atom stereocenters. The summed E-state index contributed by atoms with van der Waals surface area (Å²) in [7, 11) is 0. The van der Waals surface area contributed by atoms with Gasteiger partial charge in [-0.1, -0.05) is 0 Å². The van der Waals surface area contributed by atoms with Crippen LogP contribution < -0.4 is 16.1 Å². The molecule has 0 aromatic rings. The van der Waals surface area contributed by atoms with Crippen molar-refractivity contribution in [2.45, 2.75) is 12.1 Å². The number of hydrogen-bond acceptors (Lipinski definition) is 5. The molecule has 15 heavy (non-hydrogen) atoms. The van der Waals surface area contributed by atoms with Gasteiger partial charge in [0.2, 0.25) is 5.91 Å². The van der Waals surface area contributed by atoms with Gasteiger partial charge in [-0.3, -0.25) is 14.4 Å². The highest BCUT2D eigenvalue weighted by Gasteiger charge is 2.30. The maximum Gasteiger partial charge on any atom is 0.268 e. The lowest BCUT2D eigenvalue weighted by molar-refractivity contribution is -0.131. The van der Waals surface area contributed by atoms with Crippen molar-refractivity contribution in [2.24, 2.45) is 0 Å². The van der Waals surface area contributed by atoms with E-state index in [0.717, 1.165) is 0 Å². The number of nitrogens with one attached hydrogen (secondary N) is 3. The quantitative estimate of drug-likeness (QED) is 0.474. The van der Waals surface area contributed by atoms with Crippen LogP contribution in [0, 0.1) is 0 Å². The lowest BCUT2D eigenvalue weighted by Crippen LogP contribution is -2.54. The molecule has 0 bridgehead atoms. The van der Waals surface area contributed by atoms with Crippen molar-refractivity contribution >= 4 is 11.8 Å². The third kappa shape index (κ3) is 2.44. The summed E-state index contributed by atoms with van der Waals surface area (Å²) in [6.07, 6.45) is 0. The molecule has 84 valence electrons. The van der Waals surface area contributed by atoms with Crippen molar-refractivity contribution in [3.8, 4) is 0 Å². The number of morpholine rings is 1. The largest absolute Gasteiger partial charge is 0.378 e. The minimum atomic E-state index is -0.596. The van der Waals surface area contributed by atoms with Crippen LogP contribution in [0.15, 0.2) is 0 Å². The summed E-state index contributed by atoms with van der Waals surface area (Å²) in [4.78, 5) is 27.4. The fourth-order valence-corrected chi connectivity index (χ4v) is 1.46. The smallest absolute Gasteiger partial charge is 0.268 e. The minimum Gasteiger partial charge on any atom is -0.378 e. The summed E-state index contributed by atoms with van der Waals surface area (Å²) in [6, 6.07) is -0.978. The maximum atomic E-state index is 11.6. The van der Waals surface area contributed by atoms with Gasteiger partial charge in [0.15, 0.2) is 0 Å². The van der Waals surface area contributed by atoms with Gasteiger partial charge in [0.05, 0.1) is 13.2 Å². The summed E-state index contributed by atoms with van der Waals surface area (Å²) in [5.74, 6) is -0.555. The van der Waals surface area contributed by atoms with Gasteiger partial charge < -0.3 is 15.4 Å². The number of rotatable bonds is 2. The Balaban J connectivity index is 1.82. The molecule has 2 atom stereocenters. The van der Waals surface area contributed by atoms with Crippen LogP contribution in [0.5, 0.6) is 0 Å². The lowest BCUT2D eigenvalue weighted by Gasteiger charge is -2.23. The van der Waals surface area contributed by atoms with Crippen LogP contribution in [0.2, 0.25) is 0 Å². The van der Waals surface area contributed by atoms with Crippen LogP contribution in [-0.2, 0) is 19.2 Å². The zero-order valence-corrected chi connectivity index (χ0v) is 8.12. The standard InChI is InChI=1S/C8H13N3O4/c12-7(5-3-14-2-1-9-5)10-6-4-15-11-8(6)13/h5-6,9H,1-4H2,(H,10,12)(H,11,13)/t5?,6-/m1/s1. The summed E-state index contributed by atoms with van der Waals surface area (Å²) in [5.41, 5.74) is 2.17. The molecule has 2 heterocycles. The Morgan fingerprint density at radius 1 is 1.47 bits per heavy atom. The zero-order chi connectivity index (χ0) is 10.7. The van der Waals surface area contributed by atoms with Crippen LogP contribution in [0.25, 0.3) is 0 Å². The summed E-state index contributed by atoms with van der Waals surface area (Å²) < 4.78 is 5.14. The van der Waals surface area contributed by atoms with Gasteiger partial charge in [0.1, 0.15) is 18.7 Å². The second-order valence-corrected chi connectivity index (χ2v) is 3.42. The highest BCUT2D eigenvalue weighted by molar-refractivity contribution is 5.90. The average molecular weight is 215 g/mol. The number of amides is 2. The third-order valence-corrected chi connectivity index (χ3v) is 2.29. The number of hydrogen-bond donors (Lipinski definition) is 3. The molecule has 0 aliphatic carbocycles. The van der Waals surface area contributed by atoms with E-state index in [0.29, 0.717) is 19.8 Å². The first kappa shape index (κ1) is 10.3. The van der Waals surface area contributed by atoms with Crippen LogP contribution in [0.1, 0.15) is 0 Å². The lowest BCUT2D eigenvalue weighted by atomic mass is 10.2. The van der Waals surface area contributed by atoms with E-state index in [-0.39, 0.29) is 24.5 Å². The van der Waals surface area contributed by atoms with E-state index < -0.39 is 6.04 Å². The predicted octanol–water partition coefficient (Wildman–Crippen LogP) is -2.48. The first-order valence-electron chi connectivity index (χ1n) is 4.80. The average Bonchev–Trinajstić information content (AvgIpc) is 2.66. The van der Waals surface area contributed by atoms with Crippen molar-refractivity contribution in [3.63, 3.8) is 0 Å². The Morgan fingerprint density at radius 2 is 2.33 bits per heavy atom. The minimum absolute atomic E-state index is 0.165. The van der Waals surface area contributed by atoms with E-state index in [1.807, 2.05) is 0 Å². The fraction of sp³-hybridized carbons (Fsp3) is 0.750. The molecular weight excluding hydrogens is 202 g/mol. The summed E-state index contributed by atoms with van der Waals surface area (Å²) >= 11 is 0. The number of carbonyl (C=O) groups excluding carboxylic acids is 2. The Kier molecular flexibility index (Phi) is 3.14. The van der Waals surface area contributed by atoms with Crippen LogP contribution in [0.4, 0.5) is 0 Å². The number of hydroxylamine groups is 1. The first-order chi connectivity index (χ1) is 7.27. The van der Waals surface area contributed by atoms with Crippen LogP contribution >= 0.6 is 0 Å². The van der Waals surface area contributed by atoms with E-state index in [4.69, 9.17) is 9.57 Å². The van der Waals surface area contributed by atoms with Gasteiger partial charge in [-0.15, -0.1) is 0 Å². The first-order valence-corrected chi connectivity index (χ1v) is 4.80. The van der Waals surface area contributed by atoms with Crippen molar-refractivity contribution in [2.75, 3.05) is 26.4 Å². The van der Waals surface area contributed by atoms with Crippen molar-refractivity contribution < 1.29 is 19.2 Å². The molecule has 7 heteroatoms. The van der Waals surface area contributed by atoms with E-state index >= 15 is 0 Å². The molecule has 0 aromatic carbocycles. The topological polar surface area (TPSA) is 88.7 Å². The molecule has 2 aliphatic rings. The molecule has 2 saturated heterocycles. The van der Waals surface area contributed by atoms with Gasteiger partial charge in [-0.25, -0.2) is 5.48 Å². The van der Waals surface area contributed by atoms with Crippen molar-refractivity contribution in [1.29, 1.82) is 0 Å². The number of carbonyl (C=O) groups is 2. The Labute approximate surface area is 86.4 Å². The summed E-state index contributed by atoms with van der Waals surface area (Å²) in [6.45, 7) is 1.75. The molecule has 2 aliphatic heterocycles. The fourth-order valence-electron chi connectivity index (χ4n) is 1.46. The van der Waals surface area contributed by atoms with Gasteiger partial charge in [-0.05, 0) is 0 Å². The predicted molar refractivity (Wildman–Crippen MR) is 48.6 cm³/mol.